The first kappa shape index (κ1) is 14.9. The van der Waals surface area contributed by atoms with E-state index >= 15 is 0 Å². The summed E-state index contributed by atoms with van der Waals surface area (Å²) < 4.78 is 29.9. The van der Waals surface area contributed by atoms with Crippen LogP contribution in [0.15, 0.2) is 36.5 Å². The third kappa shape index (κ3) is 3.98. The lowest BCUT2D eigenvalue weighted by Crippen LogP contribution is -2.01. The molecule has 0 spiro atoms. The summed E-state index contributed by atoms with van der Waals surface area (Å²) in [5, 5.41) is 4.10. The van der Waals surface area contributed by atoms with Gasteiger partial charge in [-0.1, -0.05) is 18.2 Å². The van der Waals surface area contributed by atoms with Gasteiger partial charge < -0.3 is 4.74 Å². The van der Waals surface area contributed by atoms with Crippen molar-refractivity contribution in [1.29, 1.82) is 0 Å². The molecule has 0 saturated carbocycles. The fourth-order valence-electron chi connectivity index (χ4n) is 1.86. The Kier molecular flexibility index (Phi) is 4.47. The maximum atomic E-state index is 12.0. The molecular formula is C15H14F2N2O2. The van der Waals surface area contributed by atoms with Gasteiger partial charge in [-0.15, -0.1) is 0 Å². The zero-order valence-electron chi connectivity index (χ0n) is 11.6. The van der Waals surface area contributed by atoms with Crippen LogP contribution in [-0.2, 0) is 7.05 Å². The number of benzene rings is 1. The van der Waals surface area contributed by atoms with Crippen molar-refractivity contribution in [1.82, 2.24) is 9.78 Å². The molecular weight excluding hydrogens is 278 g/mol. The Hall–Kier alpha value is -2.50. The minimum Gasteiger partial charge on any atom is -0.435 e. The van der Waals surface area contributed by atoms with Crippen molar-refractivity contribution >= 4 is 11.9 Å². The van der Waals surface area contributed by atoms with Gasteiger partial charge in [-0.3, -0.25) is 9.48 Å². The molecule has 2 aromatic rings. The number of carbonyl (C=O) groups excluding carboxylic acids is 1. The lowest BCUT2D eigenvalue weighted by atomic mass is 10.1. The molecule has 0 aliphatic carbocycles. The maximum absolute atomic E-state index is 12.0. The molecule has 0 N–H and O–H groups in total. The van der Waals surface area contributed by atoms with Crippen LogP contribution in [0, 0.1) is 6.92 Å². The number of aryl methyl sites for hydroxylation is 2. The Labute approximate surface area is 120 Å². The van der Waals surface area contributed by atoms with Crippen LogP contribution in [0.4, 0.5) is 8.78 Å². The summed E-state index contributed by atoms with van der Waals surface area (Å²) in [5.74, 6) is -0.0786. The van der Waals surface area contributed by atoms with Crippen LogP contribution in [-0.4, -0.2) is 22.2 Å². The van der Waals surface area contributed by atoms with Gasteiger partial charge in [-0.25, -0.2) is 0 Å². The number of halogens is 2. The number of hydrogen-bond donors (Lipinski definition) is 0. The number of alkyl halides is 2. The van der Waals surface area contributed by atoms with Gasteiger partial charge in [0.2, 0.25) is 0 Å². The van der Waals surface area contributed by atoms with Crippen molar-refractivity contribution in [2.75, 3.05) is 0 Å². The standard InChI is InChI=1S/C15H14F2N2O2/c1-10-13(9-19(2)18-10)14(20)8-5-11-3-6-12(7-4-11)21-15(16)17/h3-9,15H,1-2H3/b8-5-. The molecule has 1 aromatic heterocycles. The van der Waals surface area contributed by atoms with Crippen LogP contribution >= 0.6 is 0 Å². The number of carbonyl (C=O) groups is 1. The number of nitrogens with zero attached hydrogens (tertiary/aromatic N) is 2. The van der Waals surface area contributed by atoms with Gasteiger partial charge in [0.15, 0.2) is 5.78 Å². The van der Waals surface area contributed by atoms with Gasteiger partial charge in [-0.2, -0.15) is 13.9 Å². The van der Waals surface area contributed by atoms with Gasteiger partial charge in [0.05, 0.1) is 11.3 Å². The molecule has 1 heterocycles. The number of ether oxygens (including phenoxy) is 1. The predicted molar refractivity (Wildman–Crippen MR) is 74.4 cm³/mol. The summed E-state index contributed by atoms with van der Waals surface area (Å²) in [4.78, 5) is 12.0. The fraction of sp³-hybridized carbons (Fsp3) is 0.200. The van der Waals surface area contributed by atoms with E-state index < -0.39 is 6.61 Å². The normalized spacial score (nSPS) is 11.3. The Bertz CT molecular complexity index is 661. The molecule has 21 heavy (non-hydrogen) atoms. The molecule has 110 valence electrons. The first-order valence-electron chi connectivity index (χ1n) is 6.23. The monoisotopic (exact) mass is 292 g/mol. The molecule has 0 amide bonds. The number of allylic oxidation sites excluding steroid dienone is 1. The average Bonchev–Trinajstić information content (AvgIpc) is 2.76. The van der Waals surface area contributed by atoms with Crippen LogP contribution in [0.3, 0.4) is 0 Å². The van der Waals surface area contributed by atoms with E-state index in [-0.39, 0.29) is 11.5 Å². The lowest BCUT2D eigenvalue weighted by Gasteiger charge is -2.03. The Balaban J connectivity index is 2.07. The highest BCUT2D eigenvalue weighted by molar-refractivity contribution is 6.07. The molecule has 1 aromatic carbocycles. The van der Waals surface area contributed by atoms with E-state index in [4.69, 9.17) is 0 Å². The summed E-state index contributed by atoms with van der Waals surface area (Å²) in [6, 6.07) is 6.03. The summed E-state index contributed by atoms with van der Waals surface area (Å²) >= 11 is 0. The molecule has 0 bridgehead atoms. The average molecular weight is 292 g/mol. The van der Waals surface area contributed by atoms with Crippen LogP contribution in [0.5, 0.6) is 5.75 Å². The summed E-state index contributed by atoms with van der Waals surface area (Å²) in [6.07, 6.45) is 4.69. The quantitative estimate of drug-likeness (QED) is 0.628. The van der Waals surface area contributed by atoms with E-state index in [0.29, 0.717) is 16.8 Å². The highest BCUT2D eigenvalue weighted by Gasteiger charge is 2.09. The Morgan fingerprint density at radius 3 is 2.52 bits per heavy atom. The van der Waals surface area contributed by atoms with E-state index in [1.54, 1.807) is 43.1 Å². The molecule has 0 fully saturated rings. The molecule has 2 rings (SSSR count). The van der Waals surface area contributed by atoms with Gasteiger partial charge in [0.25, 0.3) is 0 Å². The second kappa shape index (κ2) is 6.30. The van der Waals surface area contributed by atoms with E-state index in [2.05, 4.69) is 9.84 Å². The number of hydrogen-bond acceptors (Lipinski definition) is 3. The third-order valence-electron chi connectivity index (χ3n) is 2.81. The first-order valence-corrected chi connectivity index (χ1v) is 6.23. The minimum atomic E-state index is -2.85. The number of rotatable bonds is 5. The second-order valence-corrected chi connectivity index (χ2v) is 4.45. The maximum Gasteiger partial charge on any atom is 0.387 e. The van der Waals surface area contributed by atoms with Crippen molar-refractivity contribution in [3.8, 4) is 5.75 Å². The zero-order valence-corrected chi connectivity index (χ0v) is 11.6. The predicted octanol–water partition coefficient (Wildman–Crippen LogP) is 3.23. The van der Waals surface area contributed by atoms with Crippen molar-refractivity contribution < 1.29 is 18.3 Å². The van der Waals surface area contributed by atoms with E-state index in [1.165, 1.54) is 18.2 Å². The van der Waals surface area contributed by atoms with Crippen LogP contribution in [0.25, 0.3) is 6.08 Å². The molecule has 6 heteroatoms. The van der Waals surface area contributed by atoms with Crippen LogP contribution in [0.2, 0.25) is 0 Å². The lowest BCUT2D eigenvalue weighted by molar-refractivity contribution is -0.0498. The van der Waals surface area contributed by atoms with Crippen molar-refractivity contribution in [2.24, 2.45) is 7.05 Å². The van der Waals surface area contributed by atoms with Gasteiger partial charge in [-0.05, 0) is 30.7 Å². The Morgan fingerprint density at radius 1 is 1.33 bits per heavy atom. The van der Waals surface area contributed by atoms with E-state index in [1.807, 2.05) is 0 Å². The highest BCUT2D eigenvalue weighted by Crippen LogP contribution is 2.16. The van der Waals surface area contributed by atoms with Crippen LogP contribution < -0.4 is 4.74 Å². The summed E-state index contributed by atoms with van der Waals surface area (Å²) in [5.41, 5.74) is 1.91. The fourth-order valence-corrected chi connectivity index (χ4v) is 1.86. The molecule has 0 aliphatic heterocycles. The highest BCUT2D eigenvalue weighted by atomic mass is 19.3. The second-order valence-electron chi connectivity index (χ2n) is 4.45. The van der Waals surface area contributed by atoms with Crippen molar-refractivity contribution in [3.05, 3.63) is 53.4 Å². The molecule has 0 aliphatic rings. The molecule has 0 saturated heterocycles. The summed E-state index contributed by atoms with van der Waals surface area (Å²) in [7, 11) is 1.75. The zero-order chi connectivity index (χ0) is 15.4. The molecule has 4 nitrogen and oxygen atoms in total. The smallest absolute Gasteiger partial charge is 0.387 e. The molecule has 0 unspecified atom stereocenters. The van der Waals surface area contributed by atoms with Crippen LogP contribution in [0.1, 0.15) is 21.6 Å². The van der Waals surface area contributed by atoms with Gasteiger partial charge >= 0.3 is 6.61 Å². The number of aromatic nitrogens is 2. The van der Waals surface area contributed by atoms with Crippen molar-refractivity contribution in [3.63, 3.8) is 0 Å². The molecule has 0 radical (unpaired) electrons. The third-order valence-corrected chi connectivity index (χ3v) is 2.81. The first-order chi connectivity index (χ1) is 9.95. The minimum absolute atomic E-state index is 0.0802. The van der Waals surface area contributed by atoms with Gasteiger partial charge in [0.1, 0.15) is 5.75 Å². The Morgan fingerprint density at radius 2 is 2.00 bits per heavy atom. The summed E-state index contributed by atoms with van der Waals surface area (Å²) in [6.45, 7) is -1.08. The van der Waals surface area contributed by atoms with E-state index in [0.717, 1.165) is 0 Å². The topological polar surface area (TPSA) is 44.1 Å². The number of ketones is 1. The van der Waals surface area contributed by atoms with Crippen molar-refractivity contribution in [2.45, 2.75) is 13.5 Å². The largest absolute Gasteiger partial charge is 0.435 e. The molecule has 0 atom stereocenters. The van der Waals surface area contributed by atoms with E-state index in [9.17, 15) is 13.6 Å². The SMILES string of the molecule is Cc1nn(C)cc1C(=O)/C=C\c1ccc(OC(F)F)cc1. The van der Waals surface area contributed by atoms with Gasteiger partial charge in [0, 0.05) is 13.2 Å².